The van der Waals surface area contributed by atoms with Crippen LogP contribution in [0.2, 0.25) is 0 Å². The van der Waals surface area contributed by atoms with Crippen LogP contribution in [0.5, 0.6) is 0 Å². The lowest BCUT2D eigenvalue weighted by molar-refractivity contribution is 0.0986. The van der Waals surface area contributed by atoms with Crippen LogP contribution in [0.25, 0.3) is 10.9 Å². The van der Waals surface area contributed by atoms with E-state index >= 15 is 0 Å². The number of hydrogen-bond donors (Lipinski definition) is 1. The fourth-order valence-corrected chi connectivity index (χ4v) is 3.14. The molecule has 1 aliphatic rings. The molecule has 3 heteroatoms. The predicted octanol–water partition coefficient (Wildman–Crippen LogP) is 3.76. The van der Waals surface area contributed by atoms with Gasteiger partial charge in [-0.15, -0.1) is 0 Å². The number of hydrogen-bond acceptors (Lipinski definition) is 1. The quantitative estimate of drug-likeness (QED) is 0.721. The third-order valence-corrected chi connectivity index (χ3v) is 4.18. The van der Waals surface area contributed by atoms with Crippen LogP contribution in [0.4, 0.5) is 5.69 Å². The number of nitrogens with zero attached hydrogens (tertiary/aromatic N) is 1. The second-order valence-corrected chi connectivity index (χ2v) is 5.44. The van der Waals surface area contributed by atoms with Crippen LogP contribution in [-0.4, -0.2) is 17.4 Å². The number of anilines is 1. The van der Waals surface area contributed by atoms with E-state index in [-0.39, 0.29) is 5.91 Å². The number of fused-ring (bicyclic) bond motifs is 2. The van der Waals surface area contributed by atoms with Gasteiger partial charge in [0.05, 0.1) is 5.56 Å². The van der Waals surface area contributed by atoms with Gasteiger partial charge in [0.2, 0.25) is 0 Å². The summed E-state index contributed by atoms with van der Waals surface area (Å²) in [5.74, 6) is 0.0830. The molecule has 3 aromatic rings. The zero-order valence-corrected chi connectivity index (χ0v) is 11.7. The molecule has 1 aliphatic heterocycles. The molecule has 2 aromatic carbocycles. The molecule has 3 nitrogen and oxygen atoms in total. The molecule has 0 fully saturated rings. The smallest absolute Gasteiger partial charge is 0.260 e. The van der Waals surface area contributed by atoms with Crippen LogP contribution in [0.1, 0.15) is 22.3 Å². The molecule has 104 valence electrons. The Labute approximate surface area is 123 Å². The largest absolute Gasteiger partial charge is 0.360 e. The molecule has 1 amide bonds. The van der Waals surface area contributed by atoms with E-state index in [9.17, 15) is 4.79 Å². The number of amides is 1. The van der Waals surface area contributed by atoms with Gasteiger partial charge in [0.1, 0.15) is 0 Å². The Morgan fingerprint density at radius 3 is 2.81 bits per heavy atom. The summed E-state index contributed by atoms with van der Waals surface area (Å²) in [5.41, 5.74) is 4.07. The number of aromatic nitrogens is 1. The number of benzene rings is 2. The maximum absolute atomic E-state index is 12.9. The van der Waals surface area contributed by atoms with Crippen molar-refractivity contribution in [2.24, 2.45) is 0 Å². The molecule has 1 N–H and O–H groups in total. The van der Waals surface area contributed by atoms with Gasteiger partial charge in [0.25, 0.3) is 5.91 Å². The van der Waals surface area contributed by atoms with Crippen LogP contribution >= 0.6 is 0 Å². The van der Waals surface area contributed by atoms with Gasteiger partial charge >= 0.3 is 0 Å². The van der Waals surface area contributed by atoms with Gasteiger partial charge in [-0.1, -0.05) is 36.4 Å². The molecule has 1 aromatic heterocycles. The maximum Gasteiger partial charge on any atom is 0.260 e. The normalized spacial score (nSPS) is 14.2. The fraction of sp³-hybridized carbons (Fsp3) is 0.167. The fourth-order valence-electron chi connectivity index (χ4n) is 3.14. The van der Waals surface area contributed by atoms with Crippen LogP contribution in [0.15, 0.2) is 54.7 Å². The van der Waals surface area contributed by atoms with Gasteiger partial charge in [0.15, 0.2) is 0 Å². The van der Waals surface area contributed by atoms with Crippen molar-refractivity contribution in [3.8, 4) is 0 Å². The highest BCUT2D eigenvalue weighted by Crippen LogP contribution is 2.29. The molecule has 0 spiro atoms. The highest BCUT2D eigenvalue weighted by molar-refractivity contribution is 6.14. The van der Waals surface area contributed by atoms with E-state index in [1.807, 2.05) is 53.6 Å². The van der Waals surface area contributed by atoms with E-state index in [0.717, 1.165) is 41.5 Å². The minimum absolute atomic E-state index is 0.0830. The Morgan fingerprint density at radius 2 is 1.86 bits per heavy atom. The van der Waals surface area contributed by atoms with Crippen LogP contribution in [0, 0.1) is 0 Å². The first-order valence-electron chi connectivity index (χ1n) is 7.30. The zero-order chi connectivity index (χ0) is 14.2. The number of para-hydroxylation sites is 2. The van der Waals surface area contributed by atoms with Crippen molar-refractivity contribution in [3.63, 3.8) is 0 Å². The topological polar surface area (TPSA) is 36.1 Å². The summed E-state index contributed by atoms with van der Waals surface area (Å²) >= 11 is 0. The summed E-state index contributed by atoms with van der Waals surface area (Å²) in [6.45, 7) is 0.787. The van der Waals surface area contributed by atoms with Gasteiger partial charge in [0, 0.05) is 29.3 Å². The van der Waals surface area contributed by atoms with Crippen LogP contribution in [-0.2, 0) is 6.42 Å². The molecule has 4 rings (SSSR count). The summed E-state index contributed by atoms with van der Waals surface area (Å²) in [4.78, 5) is 18.0. The van der Waals surface area contributed by atoms with E-state index in [4.69, 9.17) is 0 Å². The zero-order valence-electron chi connectivity index (χ0n) is 11.7. The highest BCUT2D eigenvalue weighted by Gasteiger charge is 2.24. The molecule has 0 saturated heterocycles. The number of nitrogens with one attached hydrogen (secondary N) is 1. The summed E-state index contributed by atoms with van der Waals surface area (Å²) in [7, 11) is 0. The summed E-state index contributed by atoms with van der Waals surface area (Å²) < 4.78 is 0. The third kappa shape index (κ3) is 1.93. The lowest BCUT2D eigenvalue weighted by Gasteiger charge is -2.29. The Hall–Kier alpha value is -2.55. The van der Waals surface area contributed by atoms with Gasteiger partial charge in [-0.05, 0) is 30.5 Å². The minimum Gasteiger partial charge on any atom is -0.360 e. The number of aryl methyl sites for hydroxylation is 1. The van der Waals surface area contributed by atoms with E-state index in [0.29, 0.717) is 0 Å². The molecular weight excluding hydrogens is 260 g/mol. The average Bonchev–Trinajstić information content (AvgIpc) is 2.98. The van der Waals surface area contributed by atoms with Crippen molar-refractivity contribution >= 4 is 22.5 Å². The molecule has 2 heterocycles. The lowest BCUT2D eigenvalue weighted by atomic mass is 10.0. The number of aromatic amines is 1. The van der Waals surface area contributed by atoms with Crippen LogP contribution < -0.4 is 4.90 Å². The van der Waals surface area contributed by atoms with Gasteiger partial charge in [-0.3, -0.25) is 4.79 Å². The molecule has 21 heavy (non-hydrogen) atoms. The number of rotatable bonds is 1. The standard InChI is InChI=1S/C18H16N2O/c21-18(15-12-19-16-9-3-2-8-14(15)16)20-11-5-7-13-6-1-4-10-17(13)20/h1-4,6,8-10,12,19H,5,7,11H2. The van der Waals surface area contributed by atoms with E-state index in [1.54, 1.807) is 0 Å². The highest BCUT2D eigenvalue weighted by atomic mass is 16.2. The van der Waals surface area contributed by atoms with Crippen molar-refractivity contribution in [3.05, 3.63) is 65.9 Å². The average molecular weight is 276 g/mol. The Morgan fingerprint density at radius 1 is 1.05 bits per heavy atom. The van der Waals surface area contributed by atoms with Gasteiger partial charge in [-0.2, -0.15) is 0 Å². The molecule has 0 unspecified atom stereocenters. The summed E-state index contributed by atoms with van der Waals surface area (Å²) in [6, 6.07) is 16.1. The summed E-state index contributed by atoms with van der Waals surface area (Å²) in [5, 5.41) is 0.991. The van der Waals surface area contributed by atoms with Gasteiger partial charge in [-0.25, -0.2) is 0 Å². The van der Waals surface area contributed by atoms with Crippen molar-refractivity contribution in [1.82, 2.24) is 4.98 Å². The first kappa shape index (κ1) is 12.2. The monoisotopic (exact) mass is 276 g/mol. The van der Waals surface area contributed by atoms with Crippen molar-refractivity contribution in [1.29, 1.82) is 0 Å². The van der Waals surface area contributed by atoms with E-state index in [2.05, 4.69) is 11.1 Å². The summed E-state index contributed by atoms with van der Waals surface area (Å²) in [6.07, 6.45) is 3.89. The molecule has 0 atom stereocenters. The number of H-pyrrole nitrogens is 1. The molecule has 0 bridgehead atoms. The molecule has 0 aliphatic carbocycles. The first-order chi connectivity index (χ1) is 10.3. The maximum atomic E-state index is 12.9. The number of carbonyl (C=O) groups excluding carboxylic acids is 1. The SMILES string of the molecule is O=C(c1c[nH]c2ccccc12)N1CCCc2ccccc21. The van der Waals surface area contributed by atoms with Crippen molar-refractivity contribution < 1.29 is 4.79 Å². The second-order valence-electron chi connectivity index (χ2n) is 5.44. The number of carbonyl (C=O) groups is 1. The molecule has 0 radical (unpaired) electrons. The second kappa shape index (κ2) is 4.77. The van der Waals surface area contributed by atoms with E-state index < -0.39 is 0 Å². The minimum atomic E-state index is 0.0830. The third-order valence-electron chi connectivity index (χ3n) is 4.18. The van der Waals surface area contributed by atoms with Crippen molar-refractivity contribution in [2.75, 3.05) is 11.4 Å². The Balaban J connectivity index is 1.79. The van der Waals surface area contributed by atoms with Crippen LogP contribution in [0.3, 0.4) is 0 Å². The Bertz CT molecular complexity index is 819. The van der Waals surface area contributed by atoms with Crippen molar-refractivity contribution in [2.45, 2.75) is 12.8 Å². The predicted molar refractivity (Wildman–Crippen MR) is 84.7 cm³/mol. The molecule has 0 saturated carbocycles. The van der Waals surface area contributed by atoms with E-state index in [1.165, 1.54) is 5.56 Å². The molecular formula is C18H16N2O. The Kier molecular flexibility index (Phi) is 2.78. The first-order valence-corrected chi connectivity index (χ1v) is 7.30. The lowest BCUT2D eigenvalue weighted by Crippen LogP contribution is -2.35. The van der Waals surface area contributed by atoms with Gasteiger partial charge < -0.3 is 9.88 Å².